The molecule has 0 aliphatic rings. The van der Waals surface area contributed by atoms with Crippen molar-refractivity contribution in [3.8, 4) is 33.8 Å². The fraction of sp³-hybridized carbons (Fsp3) is 0.0857. The minimum atomic E-state index is -0.445. The number of hydrogen-bond acceptors (Lipinski definition) is 4. The summed E-state index contributed by atoms with van der Waals surface area (Å²) in [4.78, 5) is 25.9. The zero-order valence-corrected chi connectivity index (χ0v) is 22.1. The SMILES string of the molecule is Cc1cc(OC(=O)c2ccc(-c3ccccc3)cc2)c(C)c(C)c1OC(=O)c1ccc(-c2ccccc2)cc1. The third-order valence-corrected chi connectivity index (χ3v) is 6.83. The predicted molar refractivity (Wildman–Crippen MR) is 154 cm³/mol. The van der Waals surface area contributed by atoms with Gasteiger partial charge in [0.25, 0.3) is 0 Å². The number of carbonyl (C=O) groups is 2. The molecule has 0 amide bonds. The standard InChI is InChI=1S/C35H28O4/c1-23-22-32(38-34(36)30-18-14-28(15-19-30)26-10-6-4-7-11-26)24(2)25(3)33(23)39-35(37)31-20-16-29(17-21-31)27-12-8-5-9-13-27/h4-22H,1-3H3. The summed E-state index contributed by atoms with van der Waals surface area (Å²) in [7, 11) is 0. The van der Waals surface area contributed by atoms with Gasteiger partial charge in [-0.3, -0.25) is 0 Å². The number of aryl methyl sites for hydroxylation is 1. The highest BCUT2D eigenvalue weighted by Crippen LogP contribution is 2.34. The van der Waals surface area contributed by atoms with E-state index in [4.69, 9.17) is 9.47 Å². The van der Waals surface area contributed by atoms with Gasteiger partial charge in [-0.25, -0.2) is 9.59 Å². The van der Waals surface area contributed by atoms with Crippen LogP contribution < -0.4 is 9.47 Å². The Morgan fingerprint density at radius 1 is 0.487 bits per heavy atom. The third kappa shape index (κ3) is 5.65. The lowest BCUT2D eigenvalue weighted by molar-refractivity contribution is 0.0716. The van der Waals surface area contributed by atoms with E-state index in [1.807, 2.05) is 106 Å². The lowest BCUT2D eigenvalue weighted by Gasteiger charge is -2.16. The van der Waals surface area contributed by atoms with Gasteiger partial charge in [0.15, 0.2) is 0 Å². The van der Waals surface area contributed by atoms with Crippen molar-refractivity contribution in [2.24, 2.45) is 0 Å². The average Bonchev–Trinajstić information content (AvgIpc) is 2.99. The minimum absolute atomic E-state index is 0.439. The van der Waals surface area contributed by atoms with Crippen LogP contribution in [0.5, 0.6) is 11.5 Å². The molecule has 39 heavy (non-hydrogen) atoms. The van der Waals surface area contributed by atoms with Crippen molar-refractivity contribution < 1.29 is 19.1 Å². The molecule has 5 aromatic carbocycles. The molecule has 0 heterocycles. The molecule has 0 aliphatic carbocycles. The molecule has 0 aliphatic heterocycles. The Labute approximate surface area is 228 Å². The van der Waals surface area contributed by atoms with Crippen molar-refractivity contribution in [1.82, 2.24) is 0 Å². The zero-order chi connectivity index (χ0) is 27.4. The van der Waals surface area contributed by atoms with Crippen LogP contribution in [-0.4, -0.2) is 11.9 Å². The van der Waals surface area contributed by atoms with Gasteiger partial charge in [-0.15, -0.1) is 0 Å². The number of hydrogen-bond donors (Lipinski definition) is 0. The molecule has 0 fully saturated rings. The van der Waals surface area contributed by atoms with E-state index in [1.165, 1.54) is 0 Å². The number of esters is 2. The summed E-state index contributed by atoms with van der Waals surface area (Å²) in [5.74, 6) is 0.0222. The molecule has 4 heteroatoms. The second-order valence-corrected chi connectivity index (χ2v) is 9.44. The molecular formula is C35H28O4. The molecule has 4 nitrogen and oxygen atoms in total. The van der Waals surface area contributed by atoms with Crippen molar-refractivity contribution in [3.63, 3.8) is 0 Å². The molecule has 0 saturated carbocycles. The van der Waals surface area contributed by atoms with Gasteiger partial charge in [-0.05, 0) is 90.0 Å². The van der Waals surface area contributed by atoms with Crippen LogP contribution in [0.15, 0.2) is 115 Å². The first-order chi connectivity index (χ1) is 18.9. The van der Waals surface area contributed by atoms with Crippen LogP contribution in [0.3, 0.4) is 0 Å². The molecule has 5 rings (SSSR count). The van der Waals surface area contributed by atoms with Crippen LogP contribution in [0.4, 0.5) is 0 Å². The van der Waals surface area contributed by atoms with Crippen molar-refractivity contribution in [2.75, 3.05) is 0 Å². The molecule has 0 saturated heterocycles. The summed E-state index contributed by atoms with van der Waals surface area (Å²) >= 11 is 0. The van der Waals surface area contributed by atoms with Crippen molar-refractivity contribution in [3.05, 3.63) is 143 Å². The molecule has 0 atom stereocenters. The largest absolute Gasteiger partial charge is 0.423 e. The number of benzene rings is 5. The smallest absolute Gasteiger partial charge is 0.343 e. The monoisotopic (exact) mass is 512 g/mol. The summed E-state index contributed by atoms with van der Waals surface area (Å²) in [6.07, 6.45) is 0. The molecule has 0 radical (unpaired) electrons. The lowest BCUT2D eigenvalue weighted by Crippen LogP contribution is -2.13. The predicted octanol–water partition coefficient (Wildman–Crippen LogP) is 8.38. The number of ether oxygens (including phenoxy) is 2. The summed E-state index contributed by atoms with van der Waals surface area (Å²) < 4.78 is 11.6. The fourth-order valence-corrected chi connectivity index (χ4v) is 4.45. The van der Waals surface area contributed by atoms with Crippen molar-refractivity contribution in [1.29, 1.82) is 0 Å². The maximum atomic E-state index is 12.9. The van der Waals surface area contributed by atoms with Gasteiger partial charge in [0.1, 0.15) is 11.5 Å². The van der Waals surface area contributed by atoms with Crippen LogP contribution in [0.25, 0.3) is 22.3 Å². The van der Waals surface area contributed by atoms with Gasteiger partial charge in [0.05, 0.1) is 11.1 Å². The van der Waals surface area contributed by atoms with E-state index >= 15 is 0 Å². The zero-order valence-electron chi connectivity index (χ0n) is 22.1. The first-order valence-corrected chi connectivity index (χ1v) is 12.8. The number of carbonyl (C=O) groups excluding carboxylic acids is 2. The second-order valence-electron chi connectivity index (χ2n) is 9.44. The molecule has 192 valence electrons. The van der Waals surface area contributed by atoms with Crippen LogP contribution in [-0.2, 0) is 0 Å². The lowest BCUT2D eigenvalue weighted by atomic mass is 10.0. The normalized spacial score (nSPS) is 10.6. The molecule has 0 unspecified atom stereocenters. The van der Waals surface area contributed by atoms with E-state index in [1.54, 1.807) is 30.3 Å². The number of rotatable bonds is 6. The highest BCUT2D eigenvalue weighted by Gasteiger charge is 2.19. The van der Waals surface area contributed by atoms with Crippen LogP contribution in [0, 0.1) is 20.8 Å². The fourth-order valence-electron chi connectivity index (χ4n) is 4.45. The Hall–Kier alpha value is -4.96. The molecular weight excluding hydrogens is 484 g/mol. The van der Waals surface area contributed by atoms with Crippen molar-refractivity contribution in [2.45, 2.75) is 20.8 Å². The average molecular weight is 513 g/mol. The summed E-state index contributed by atoms with van der Waals surface area (Å²) in [5, 5.41) is 0. The minimum Gasteiger partial charge on any atom is -0.423 e. The van der Waals surface area contributed by atoms with Crippen LogP contribution in [0.2, 0.25) is 0 Å². The van der Waals surface area contributed by atoms with E-state index in [-0.39, 0.29) is 0 Å². The third-order valence-electron chi connectivity index (χ3n) is 6.83. The Balaban J connectivity index is 1.30. The van der Waals surface area contributed by atoms with Gasteiger partial charge in [0, 0.05) is 0 Å². The Morgan fingerprint density at radius 2 is 0.897 bits per heavy atom. The topological polar surface area (TPSA) is 52.6 Å². The first-order valence-electron chi connectivity index (χ1n) is 12.8. The second kappa shape index (κ2) is 11.2. The summed E-state index contributed by atoms with van der Waals surface area (Å²) in [5.41, 5.74) is 7.30. The van der Waals surface area contributed by atoms with Gasteiger partial charge in [-0.1, -0.05) is 84.9 Å². The highest BCUT2D eigenvalue weighted by molar-refractivity contribution is 5.93. The van der Waals surface area contributed by atoms with Crippen molar-refractivity contribution >= 4 is 11.9 Å². The maximum absolute atomic E-state index is 12.9. The van der Waals surface area contributed by atoms with Gasteiger partial charge >= 0.3 is 11.9 Å². The van der Waals surface area contributed by atoms with E-state index in [0.29, 0.717) is 28.2 Å². The Bertz CT molecular complexity index is 1620. The molecule has 0 N–H and O–H groups in total. The molecule has 5 aromatic rings. The van der Waals surface area contributed by atoms with E-state index in [9.17, 15) is 9.59 Å². The van der Waals surface area contributed by atoms with Gasteiger partial charge in [0.2, 0.25) is 0 Å². The highest BCUT2D eigenvalue weighted by atomic mass is 16.5. The Kier molecular flexibility index (Phi) is 7.37. The quantitative estimate of drug-likeness (QED) is 0.169. The summed E-state index contributed by atoms with van der Waals surface area (Å²) in [6.45, 7) is 5.54. The Morgan fingerprint density at radius 3 is 1.36 bits per heavy atom. The maximum Gasteiger partial charge on any atom is 0.343 e. The van der Waals surface area contributed by atoms with E-state index in [0.717, 1.165) is 33.4 Å². The first kappa shape index (κ1) is 25.7. The molecule has 0 aromatic heterocycles. The van der Waals surface area contributed by atoms with Crippen LogP contribution >= 0.6 is 0 Å². The van der Waals surface area contributed by atoms with Gasteiger partial charge in [-0.2, -0.15) is 0 Å². The molecule has 0 bridgehead atoms. The molecule has 0 spiro atoms. The van der Waals surface area contributed by atoms with Crippen LogP contribution in [0.1, 0.15) is 37.4 Å². The van der Waals surface area contributed by atoms with E-state index in [2.05, 4.69) is 0 Å². The summed E-state index contributed by atoms with van der Waals surface area (Å²) in [6, 6.07) is 36.4. The van der Waals surface area contributed by atoms with Gasteiger partial charge < -0.3 is 9.47 Å². The van der Waals surface area contributed by atoms with E-state index < -0.39 is 11.9 Å².